The molecule has 0 fully saturated rings. The predicted octanol–water partition coefficient (Wildman–Crippen LogP) is 3.02. The largest absolute Gasteiger partial charge is 0.370 e. The van der Waals surface area contributed by atoms with Crippen LogP contribution in [0.4, 0.5) is 0 Å². The fraction of sp³-hybridized carbons (Fsp3) is 0.615. The lowest BCUT2D eigenvalue weighted by molar-refractivity contribution is -0.118. The Morgan fingerprint density at radius 1 is 1.56 bits per heavy atom. The smallest absolute Gasteiger partial charge is 0.217 e. The third-order valence-electron chi connectivity index (χ3n) is 3.32. The van der Waals surface area contributed by atoms with E-state index in [1.807, 2.05) is 0 Å². The van der Waals surface area contributed by atoms with Gasteiger partial charge in [-0.25, -0.2) is 0 Å². The minimum Gasteiger partial charge on any atom is -0.370 e. The minimum atomic E-state index is -0.209. The first-order valence-corrected chi connectivity index (χ1v) is 7.66. The summed E-state index contributed by atoms with van der Waals surface area (Å²) in [5.74, 6) is -0.209. The fourth-order valence-corrected chi connectivity index (χ4v) is 3.82. The molecule has 1 amide bonds. The van der Waals surface area contributed by atoms with Crippen molar-refractivity contribution >= 4 is 28.8 Å². The lowest BCUT2D eigenvalue weighted by atomic mass is 9.94. The quantitative estimate of drug-likeness (QED) is 0.790. The van der Waals surface area contributed by atoms with Crippen molar-refractivity contribution in [2.75, 3.05) is 6.54 Å². The first-order chi connectivity index (χ1) is 8.66. The molecule has 1 unspecified atom stereocenters. The number of rotatable bonds is 6. The Hall–Kier alpha value is -0.580. The Morgan fingerprint density at radius 3 is 3.17 bits per heavy atom. The summed E-state index contributed by atoms with van der Waals surface area (Å²) >= 11 is 7.78. The van der Waals surface area contributed by atoms with E-state index in [-0.39, 0.29) is 5.91 Å². The number of halogens is 1. The Labute approximate surface area is 117 Å². The first-order valence-electron chi connectivity index (χ1n) is 6.46. The number of carbonyl (C=O) groups is 1. The van der Waals surface area contributed by atoms with Gasteiger partial charge < -0.3 is 11.1 Å². The molecule has 5 heteroatoms. The minimum absolute atomic E-state index is 0.209. The topological polar surface area (TPSA) is 55.1 Å². The highest BCUT2D eigenvalue weighted by molar-refractivity contribution is 7.16. The van der Waals surface area contributed by atoms with Gasteiger partial charge in [0.1, 0.15) is 0 Å². The van der Waals surface area contributed by atoms with Crippen molar-refractivity contribution < 1.29 is 4.79 Å². The molecule has 3 N–H and O–H groups in total. The van der Waals surface area contributed by atoms with Gasteiger partial charge in [0.2, 0.25) is 5.91 Å². The zero-order valence-corrected chi connectivity index (χ0v) is 11.9. The average Bonchev–Trinajstić information content (AvgIpc) is 2.69. The second-order valence-corrected chi connectivity index (χ2v) is 6.52. The van der Waals surface area contributed by atoms with Crippen LogP contribution >= 0.6 is 22.9 Å². The van der Waals surface area contributed by atoms with Gasteiger partial charge in [-0.15, -0.1) is 11.3 Å². The van der Waals surface area contributed by atoms with Gasteiger partial charge in [-0.3, -0.25) is 4.79 Å². The SMILES string of the molecule is NC(=O)CCCCNC1CCCc2sc(Cl)cc21. The second-order valence-electron chi connectivity index (χ2n) is 4.75. The van der Waals surface area contributed by atoms with E-state index in [4.69, 9.17) is 17.3 Å². The number of unbranched alkanes of at least 4 members (excludes halogenated alkanes) is 1. The molecule has 1 atom stereocenters. The maximum absolute atomic E-state index is 10.6. The molecule has 1 aliphatic carbocycles. The van der Waals surface area contributed by atoms with Crippen LogP contribution in [0.25, 0.3) is 0 Å². The highest BCUT2D eigenvalue weighted by Gasteiger charge is 2.21. The van der Waals surface area contributed by atoms with Gasteiger partial charge >= 0.3 is 0 Å². The number of fused-ring (bicyclic) bond motifs is 1. The third kappa shape index (κ3) is 3.70. The van der Waals surface area contributed by atoms with Crippen molar-refractivity contribution in [1.29, 1.82) is 0 Å². The van der Waals surface area contributed by atoms with Crippen LogP contribution in [-0.2, 0) is 11.2 Å². The Morgan fingerprint density at radius 2 is 2.39 bits per heavy atom. The van der Waals surface area contributed by atoms with Crippen molar-refractivity contribution in [3.05, 3.63) is 20.8 Å². The summed E-state index contributed by atoms with van der Waals surface area (Å²) in [7, 11) is 0. The van der Waals surface area contributed by atoms with Gasteiger partial charge in [-0.1, -0.05) is 11.6 Å². The van der Waals surface area contributed by atoms with Gasteiger partial charge in [0, 0.05) is 17.3 Å². The van der Waals surface area contributed by atoms with E-state index in [2.05, 4.69) is 11.4 Å². The fourth-order valence-electron chi connectivity index (χ4n) is 2.43. The Kier molecular flexibility index (Phi) is 5.03. The van der Waals surface area contributed by atoms with Crippen molar-refractivity contribution in [3.63, 3.8) is 0 Å². The van der Waals surface area contributed by atoms with E-state index in [9.17, 15) is 4.79 Å². The van der Waals surface area contributed by atoms with Crippen molar-refractivity contribution in [2.24, 2.45) is 5.73 Å². The van der Waals surface area contributed by atoms with E-state index < -0.39 is 0 Å². The molecule has 0 saturated heterocycles. The molecule has 1 aromatic heterocycles. The first kappa shape index (κ1) is 13.8. The van der Waals surface area contributed by atoms with Crippen molar-refractivity contribution in [1.82, 2.24) is 5.32 Å². The van der Waals surface area contributed by atoms with E-state index in [0.717, 1.165) is 30.1 Å². The zero-order valence-electron chi connectivity index (χ0n) is 10.4. The van der Waals surface area contributed by atoms with Crippen molar-refractivity contribution in [3.8, 4) is 0 Å². The predicted molar refractivity (Wildman–Crippen MR) is 76.1 cm³/mol. The standard InChI is InChI=1S/C13H19ClN2OS/c14-12-8-9-10(4-3-5-11(9)18-12)16-7-2-1-6-13(15)17/h8,10,16H,1-7H2,(H2,15,17). The van der Waals surface area contributed by atoms with Crippen LogP contribution in [0.15, 0.2) is 6.07 Å². The third-order valence-corrected chi connectivity index (χ3v) is 4.66. The lowest BCUT2D eigenvalue weighted by Crippen LogP contribution is -2.25. The van der Waals surface area contributed by atoms with Crippen LogP contribution in [0.5, 0.6) is 0 Å². The molecule has 18 heavy (non-hydrogen) atoms. The number of primary amides is 1. The molecule has 0 aromatic carbocycles. The Bertz CT molecular complexity index is 419. The molecule has 3 nitrogen and oxygen atoms in total. The zero-order chi connectivity index (χ0) is 13.0. The van der Waals surface area contributed by atoms with Crippen LogP contribution in [0.2, 0.25) is 4.34 Å². The number of amides is 1. The van der Waals surface area contributed by atoms with Gasteiger partial charge in [0.25, 0.3) is 0 Å². The summed E-state index contributed by atoms with van der Waals surface area (Å²) < 4.78 is 0.891. The number of hydrogen-bond donors (Lipinski definition) is 2. The maximum Gasteiger partial charge on any atom is 0.217 e. The van der Waals surface area contributed by atoms with Crippen LogP contribution in [0.3, 0.4) is 0 Å². The van der Waals surface area contributed by atoms with E-state index in [1.54, 1.807) is 11.3 Å². The van der Waals surface area contributed by atoms with Gasteiger partial charge in [-0.05, 0) is 50.3 Å². The molecule has 1 aromatic rings. The Balaban J connectivity index is 1.78. The molecule has 2 rings (SSSR count). The van der Waals surface area contributed by atoms with Gasteiger partial charge in [0.05, 0.1) is 4.34 Å². The summed E-state index contributed by atoms with van der Waals surface area (Å²) in [5.41, 5.74) is 6.49. The molecule has 0 saturated carbocycles. The molecule has 1 heterocycles. The summed E-state index contributed by atoms with van der Waals surface area (Å²) in [5, 5.41) is 3.56. The maximum atomic E-state index is 10.6. The van der Waals surface area contributed by atoms with E-state index in [1.165, 1.54) is 23.3 Å². The van der Waals surface area contributed by atoms with Crippen LogP contribution < -0.4 is 11.1 Å². The lowest BCUT2D eigenvalue weighted by Gasteiger charge is -2.23. The van der Waals surface area contributed by atoms with E-state index >= 15 is 0 Å². The molecular weight excluding hydrogens is 268 g/mol. The highest BCUT2D eigenvalue weighted by atomic mass is 35.5. The summed E-state index contributed by atoms with van der Waals surface area (Å²) in [4.78, 5) is 12.1. The molecular formula is C13H19ClN2OS. The van der Waals surface area contributed by atoms with Gasteiger partial charge in [-0.2, -0.15) is 0 Å². The average molecular weight is 287 g/mol. The van der Waals surface area contributed by atoms with E-state index in [0.29, 0.717) is 12.5 Å². The number of aryl methyl sites for hydroxylation is 1. The number of carbonyl (C=O) groups excluding carboxylic acids is 1. The number of nitrogens with two attached hydrogens (primary N) is 1. The normalized spacial score (nSPS) is 18.6. The van der Waals surface area contributed by atoms with Gasteiger partial charge in [0.15, 0.2) is 0 Å². The number of thiophene rings is 1. The summed E-state index contributed by atoms with van der Waals surface area (Å²) in [6.45, 7) is 0.935. The second kappa shape index (κ2) is 6.55. The molecule has 0 radical (unpaired) electrons. The molecule has 0 bridgehead atoms. The summed E-state index contributed by atoms with van der Waals surface area (Å²) in [6, 6.07) is 2.54. The monoisotopic (exact) mass is 286 g/mol. The number of hydrogen-bond acceptors (Lipinski definition) is 3. The highest BCUT2D eigenvalue weighted by Crippen LogP contribution is 2.37. The molecule has 1 aliphatic rings. The molecule has 0 spiro atoms. The molecule has 0 aliphatic heterocycles. The van der Waals surface area contributed by atoms with Crippen LogP contribution in [0, 0.1) is 0 Å². The van der Waals surface area contributed by atoms with Crippen LogP contribution in [-0.4, -0.2) is 12.5 Å². The number of nitrogens with one attached hydrogen (secondary N) is 1. The molecule has 100 valence electrons. The van der Waals surface area contributed by atoms with Crippen LogP contribution in [0.1, 0.15) is 48.6 Å². The summed E-state index contributed by atoms with van der Waals surface area (Å²) in [6.07, 6.45) is 5.91. The van der Waals surface area contributed by atoms with Crippen molar-refractivity contribution in [2.45, 2.75) is 44.6 Å².